The second-order valence-electron chi connectivity index (χ2n) is 2.62. The summed E-state index contributed by atoms with van der Waals surface area (Å²) < 4.78 is 24.7. The summed E-state index contributed by atoms with van der Waals surface area (Å²) in [5.74, 6) is -0.335. The second-order valence-corrected chi connectivity index (χ2v) is 4.87. The molecule has 1 rings (SSSR count). The molecule has 0 radical (unpaired) electrons. The zero-order valence-electron chi connectivity index (χ0n) is 7.27. The maximum absolute atomic E-state index is 11.2. The minimum absolute atomic E-state index is 0.322. The van der Waals surface area contributed by atoms with E-state index in [2.05, 4.69) is 4.72 Å². The van der Waals surface area contributed by atoms with Crippen LogP contribution in [0.5, 0.6) is 0 Å². The molecule has 0 saturated heterocycles. The number of hydrogen-bond acceptors (Lipinski definition) is 3. The number of rotatable bonds is 4. The quantitative estimate of drug-likeness (QED) is 0.821. The standard InChI is InChI=1S/C8H10ClNO3S/c9-7-3-1-2-4-8(7)10-14(12,13)6-5-11/h1-4,10-11H,5-6H2. The maximum atomic E-state index is 11.2. The molecule has 1 aromatic rings. The van der Waals surface area contributed by atoms with Crippen LogP contribution < -0.4 is 4.72 Å². The predicted molar refractivity (Wildman–Crippen MR) is 55.9 cm³/mol. The van der Waals surface area contributed by atoms with Gasteiger partial charge in [0.1, 0.15) is 0 Å². The maximum Gasteiger partial charge on any atom is 0.235 e. The monoisotopic (exact) mass is 235 g/mol. The second kappa shape index (κ2) is 4.63. The Morgan fingerprint density at radius 3 is 2.57 bits per heavy atom. The van der Waals surface area contributed by atoms with E-state index in [1.165, 1.54) is 0 Å². The molecule has 0 aliphatic rings. The number of aliphatic hydroxyl groups is 1. The Balaban J connectivity index is 2.84. The van der Waals surface area contributed by atoms with Crippen LogP contribution in [0.3, 0.4) is 0 Å². The molecule has 0 spiro atoms. The van der Waals surface area contributed by atoms with E-state index < -0.39 is 16.6 Å². The van der Waals surface area contributed by atoms with Gasteiger partial charge in [0.05, 0.1) is 23.1 Å². The number of para-hydroxylation sites is 1. The molecule has 14 heavy (non-hydrogen) atoms. The first-order chi connectivity index (χ1) is 6.55. The first-order valence-corrected chi connectivity index (χ1v) is 5.94. The molecule has 0 unspecified atom stereocenters. The Bertz CT molecular complexity index is 405. The number of benzene rings is 1. The number of hydrogen-bond donors (Lipinski definition) is 2. The molecule has 78 valence electrons. The van der Waals surface area contributed by atoms with Gasteiger partial charge >= 0.3 is 0 Å². The van der Waals surface area contributed by atoms with Crippen molar-refractivity contribution in [1.82, 2.24) is 0 Å². The van der Waals surface area contributed by atoms with Gasteiger partial charge in [0, 0.05) is 0 Å². The lowest BCUT2D eigenvalue weighted by Gasteiger charge is -2.07. The fourth-order valence-corrected chi connectivity index (χ4v) is 1.98. The minimum Gasteiger partial charge on any atom is -0.395 e. The van der Waals surface area contributed by atoms with Crippen LogP contribution in [0.2, 0.25) is 5.02 Å². The first kappa shape index (κ1) is 11.3. The zero-order chi connectivity index (χ0) is 10.6. The van der Waals surface area contributed by atoms with Crippen LogP contribution in [-0.4, -0.2) is 25.9 Å². The molecule has 0 heterocycles. The van der Waals surface area contributed by atoms with Gasteiger partial charge in [0.25, 0.3) is 0 Å². The van der Waals surface area contributed by atoms with Crippen molar-refractivity contribution in [2.24, 2.45) is 0 Å². The number of anilines is 1. The van der Waals surface area contributed by atoms with Crippen molar-refractivity contribution in [3.8, 4) is 0 Å². The van der Waals surface area contributed by atoms with E-state index >= 15 is 0 Å². The third kappa shape index (κ3) is 3.17. The highest BCUT2D eigenvalue weighted by molar-refractivity contribution is 7.92. The van der Waals surface area contributed by atoms with E-state index in [4.69, 9.17) is 16.7 Å². The molecular weight excluding hydrogens is 226 g/mol. The van der Waals surface area contributed by atoms with Crippen LogP contribution >= 0.6 is 11.6 Å². The molecule has 1 aromatic carbocycles. The van der Waals surface area contributed by atoms with Gasteiger partial charge in [-0.05, 0) is 12.1 Å². The number of sulfonamides is 1. The SMILES string of the molecule is O=S(=O)(CCO)Nc1ccccc1Cl. The average molecular weight is 236 g/mol. The van der Waals surface area contributed by atoms with Crippen molar-refractivity contribution in [2.45, 2.75) is 0 Å². The Kier molecular flexibility index (Phi) is 3.74. The van der Waals surface area contributed by atoms with Crippen LogP contribution in [0.15, 0.2) is 24.3 Å². The number of nitrogens with one attached hydrogen (secondary N) is 1. The van der Waals surface area contributed by atoms with Crippen molar-refractivity contribution >= 4 is 27.3 Å². The Labute approximate surface area is 87.6 Å². The predicted octanol–water partition coefficient (Wildman–Crippen LogP) is 1.07. The summed E-state index contributed by atoms with van der Waals surface area (Å²) in [6, 6.07) is 6.50. The van der Waals surface area contributed by atoms with Crippen LogP contribution in [0.1, 0.15) is 0 Å². The molecule has 0 aromatic heterocycles. The minimum atomic E-state index is -3.49. The van der Waals surface area contributed by atoms with E-state index in [0.717, 1.165) is 0 Å². The van der Waals surface area contributed by atoms with E-state index in [1.807, 2.05) is 0 Å². The van der Waals surface area contributed by atoms with Gasteiger partial charge in [0.15, 0.2) is 0 Å². The molecule has 0 atom stereocenters. The average Bonchev–Trinajstić information content (AvgIpc) is 2.08. The molecule has 4 nitrogen and oxygen atoms in total. The Morgan fingerprint density at radius 2 is 2.00 bits per heavy atom. The van der Waals surface area contributed by atoms with Gasteiger partial charge in [-0.25, -0.2) is 8.42 Å². The van der Waals surface area contributed by atoms with Gasteiger partial charge < -0.3 is 5.11 Å². The summed E-state index contributed by atoms with van der Waals surface area (Å²) in [4.78, 5) is 0. The summed E-state index contributed by atoms with van der Waals surface area (Å²) in [6.07, 6.45) is 0. The van der Waals surface area contributed by atoms with E-state index in [-0.39, 0.29) is 5.75 Å². The van der Waals surface area contributed by atoms with Crippen molar-refractivity contribution < 1.29 is 13.5 Å². The number of halogens is 1. The van der Waals surface area contributed by atoms with E-state index in [9.17, 15) is 8.42 Å². The number of aliphatic hydroxyl groups excluding tert-OH is 1. The lowest BCUT2D eigenvalue weighted by Crippen LogP contribution is -2.18. The highest BCUT2D eigenvalue weighted by Gasteiger charge is 2.10. The van der Waals surface area contributed by atoms with Crippen molar-refractivity contribution in [2.75, 3.05) is 17.1 Å². The molecule has 0 saturated carbocycles. The molecule has 0 aliphatic carbocycles. The molecule has 2 N–H and O–H groups in total. The summed E-state index contributed by atoms with van der Waals surface area (Å²) >= 11 is 5.74. The van der Waals surface area contributed by atoms with E-state index in [0.29, 0.717) is 10.7 Å². The third-order valence-corrected chi connectivity index (χ3v) is 3.08. The van der Waals surface area contributed by atoms with Crippen LogP contribution in [-0.2, 0) is 10.0 Å². The molecule has 0 fully saturated rings. The third-order valence-electron chi connectivity index (χ3n) is 1.50. The van der Waals surface area contributed by atoms with Crippen LogP contribution in [0.4, 0.5) is 5.69 Å². The van der Waals surface area contributed by atoms with Gasteiger partial charge in [-0.2, -0.15) is 0 Å². The van der Waals surface area contributed by atoms with Crippen LogP contribution in [0, 0.1) is 0 Å². The first-order valence-electron chi connectivity index (χ1n) is 3.91. The lowest BCUT2D eigenvalue weighted by molar-refractivity contribution is 0.320. The topological polar surface area (TPSA) is 66.4 Å². The van der Waals surface area contributed by atoms with Gasteiger partial charge in [-0.1, -0.05) is 23.7 Å². The van der Waals surface area contributed by atoms with Gasteiger partial charge in [-0.15, -0.1) is 0 Å². The highest BCUT2D eigenvalue weighted by atomic mass is 35.5. The zero-order valence-corrected chi connectivity index (χ0v) is 8.85. The smallest absolute Gasteiger partial charge is 0.235 e. The summed E-state index contributed by atoms with van der Waals surface area (Å²) in [7, 11) is -3.49. The summed E-state index contributed by atoms with van der Waals surface area (Å²) in [5.41, 5.74) is 0.322. The van der Waals surface area contributed by atoms with Crippen molar-refractivity contribution in [3.05, 3.63) is 29.3 Å². The van der Waals surface area contributed by atoms with Crippen molar-refractivity contribution in [1.29, 1.82) is 0 Å². The highest BCUT2D eigenvalue weighted by Crippen LogP contribution is 2.21. The summed E-state index contributed by atoms with van der Waals surface area (Å²) in [6.45, 7) is -0.417. The Morgan fingerprint density at radius 1 is 1.36 bits per heavy atom. The molecular formula is C8H10ClNO3S. The van der Waals surface area contributed by atoms with Gasteiger partial charge in [0.2, 0.25) is 10.0 Å². The van der Waals surface area contributed by atoms with Crippen LogP contribution in [0.25, 0.3) is 0 Å². The molecule has 0 amide bonds. The van der Waals surface area contributed by atoms with Gasteiger partial charge in [-0.3, -0.25) is 4.72 Å². The lowest BCUT2D eigenvalue weighted by atomic mass is 10.3. The fraction of sp³-hybridized carbons (Fsp3) is 0.250. The molecule has 0 aliphatic heterocycles. The summed E-state index contributed by atoms with van der Waals surface area (Å²) in [5, 5.41) is 8.82. The largest absolute Gasteiger partial charge is 0.395 e. The fourth-order valence-electron chi connectivity index (χ4n) is 0.883. The Hall–Kier alpha value is -0.780. The normalized spacial score (nSPS) is 11.3. The van der Waals surface area contributed by atoms with E-state index in [1.54, 1.807) is 24.3 Å². The van der Waals surface area contributed by atoms with Crippen molar-refractivity contribution in [3.63, 3.8) is 0 Å². The molecule has 0 bridgehead atoms. The molecule has 6 heteroatoms.